The summed E-state index contributed by atoms with van der Waals surface area (Å²) in [6.07, 6.45) is 0. The molecule has 142 valence electrons. The SMILES string of the molecule is COc1cc(OC)c(S(=O)(=O)Nc2nc(OC)cc(OC)n2)c(OC)c1. The Kier molecular flexibility index (Phi) is 5.93. The highest BCUT2D eigenvalue weighted by atomic mass is 32.2. The Morgan fingerprint density at radius 2 is 1.27 bits per heavy atom. The van der Waals surface area contributed by atoms with Crippen LogP contribution in [0.2, 0.25) is 0 Å². The Labute approximate surface area is 151 Å². The van der Waals surface area contributed by atoms with Gasteiger partial charge in [-0.25, -0.2) is 13.1 Å². The van der Waals surface area contributed by atoms with Crippen LogP contribution in [0.1, 0.15) is 0 Å². The fourth-order valence-corrected chi connectivity index (χ4v) is 3.32. The lowest BCUT2D eigenvalue weighted by Gasteiger charge is -2.16. The summed E-state index contributed by atoms with van der Waals surface area (Å²) in [5.74, 6) is 0.455. The standard InChI is InChI=1S/C15H19N3O7S/c1-21-9-6-10(22-2)14(11(7-9)23-3)26(19,20)18-15-16-12(24-4)8-13(17-15)25-5/h6-8H,1-5H3,(H,16,17,18). The van der Waals surface area contributed by atoms with Crippen LogP contribution >= 0.6 is 0 Å². The van der Waals surface area contributed by atoms with Crippen molar-refractivity contribution in [2.45, 2.75) is 4.90 Å². The topological polar surface area (TPSA) is 118 Å². The molecular formula is C15H19N3O7S. The number of rotatable bonds is 8. The Balaban J connectivity index is 2.54. The summed E-state index contributed by atoms with van der Waals surface area (Å²) >= 11 is 0. The Morgan fingerprint density at radius 3 is 1.65 bits per heavy atom. The predicted octanol–water partition coefficient (Wildman–Crippen LogP) is 1.32. The molecule has 0 amide bonds. The molecule has 2 rings (SSSR count). The Bertz CT molecular complexity index is 840. The summed E-state index contributed by atoms with van der Waals surface area (Å²) < 4.78 is 53.5. The number of aromatic nitrogens is 2. The lowest BCUT2D eigenvalue weighted by atomic mass is 10.3. The molecule has 0 aliphatic heterocycles. The third kappa shape index (κ3) is 3.99. The van der Waals surface area contributed by atoms with Crippen molar-refractivity contribution in [3.63, 3.8) is 0 Å². The summed E-state index contributed by atoms with van der Waals surface area (Å²) in [6, 6.07) is 4.25. The van der Waals surface area contributed by atoms with E-state index in [0.29, 0.717) is 5.75 Å². The van der Waals surface area contributed by atoms with E-state index >= 15 is 0 Å². The molecular weight excluding hydrogens is 366 g/mol. The van der Waals surface area contributed by atoms with E-state index < -0.39 is 10.0 Å². The van der Waals surface area contributed by atoms with Crippen molar-refractivity contribution >= 4 is 16.0 Å². The van der Waals surface area contributed by atoms with E-state index in [1.165, 1.54) is 53.7 Å². The molecule has 0 fully saturated rings. The van der Waals surface area contributed by atoms with Gasteiger partial charge in [0.1, 0.15) is 17.2 Å². The van der Waals surface area contributed by atoms with Crippen LogP contribution in [0.3, 0.4) is 0 Å². The van der Waals surface area contributed by atoms with Crippen LogP contribution in [0.4, 0.5) is 5.95 Å². The maximum Gasteiger partial charge on any atom is 0.271 e. The number of anilines is 1. The normalized spacial score (nSPS) is 10.8. The molecule has 11 heteroatoms. The van der Waals surface area contributed by atoms with Crippen LogP contribution in [0.25, 0.3) is 0 Å². The molecule has 26 heavy (non-hydrogen) atoms. The Morgan fingerprint density at radius 1 is 0.769 bits per heavy atom. The minimum Gasteiger partial charge on any atom is -0.496 e. The minimum atomic E-state index is -4.17. The van der Waals surface area contributed by atoms with E-state index in [0.717, 1.165) is 0 Å². The van der Waals surface area contributed by atoms with Crippen LogP contribution in [0.5, 0.6) is 29.0 Å². The number of sulfonamides is 1. The molecule has 0 aliphatic carbocycles. The van der Waals surface area contributed by atoms with Crippen molar-refractivity contribution in [3.05, 3.63) is 18.2 Å². The van der Waals surface area contributed by atoms with Gasteiger partial charge in [0.15, 0.2) is 4.90 Å². The molecule has 0 aliphatic rings. The maximum atomic E-state index is 12.9. The average Bonchev–Trinajstić information content (AvgIpc) is 2.65. The minimum absolute atomic E-state index is 0.0311. The third-order valence-electron chi connectivity index (χ3n) is 3.26. The first-order valence-corrected chi connectivity index (χ1v) is 8.66. The van der Waals surface area contributed by atoms with Crippen molar-refractivity contribution in [2.24, 2.45) is 0 Å². The summed E-state index contributed by atoms with van der Waals surface area (Å²) in [4.78, 5) is 7.66. The fourth-order valence-electron chi connectivity index (χ4n) is 2.07. The molecule has 0 unspecified atom stereocenters. The highest BCUT2D eigenvalue weighted by Gasteiger charge is 2.27. The van der Waals surface area contributed by atoms with Gasteiger partial charge in [-0.15, -0.1) is 0 Å². The first kappa shape index (κ1) is 19.4. The molecule has 1 N–H and O–H groups in total. The molecule has 2 aromatic rings. The van der Waals surface area contributed by atoms with Gasteiger partial charge in [0.2, 0.25) is 17.7 Å². The molecule has 1 aromatic carbocycles. The van der Waals surface area contributed by atoms with Gasteiger partial charge < -0.3 is 23.7 Å². The second-order valence-corrected chi connectivity index (χ2v) is 6.36. The lowest BCUT2D eigenvalue weighted by molar-refractivity contribution is 0.359. The number of methoxy groups -OCH3 is 5. The zero-order chi connectivity index (χ0) is 19.3. The van der Waals surface area contributed by atoms with Crippen LogP contribution in [-0.4, -0.2) is 53.9 Å². The molecule has 1 aromatic heterocycles. The Hall–Kier alpha value is -2.95. The van der Waals surface area contributed by atoms with Crippen molar-refractivity contribution in [1.29, 1.82) is 0 Å². The lowest BCUT2D eigenvalue weighted by Crippen LogP contribution is -2.17. The maximum absolute atomic E-state index is 12.9. The van der Waals surface area contributed by atoms with E-state index in [9.17, 15) is 8.42 Å². The third-order valence-corrected chi connectivity index (χ3v) is 4.65. The van der Waals surface area contributed by atoms with Crippen molar-refractivity contribution in [2.75, 3.05) is 40.3 Å². The highest BCUT2D eigenvalue weighted by molar-refractivity contribution is 7.93. The first-order chi connectivity index (χ1) is 12.4. The molecule has 0 atom stereocenters. The van der Waals surface area contributed by atoms with Gasteiger partial charge in [0.25, 0.3) is 10.0 Å². The first-order valence-electron chi connectivity index (χ1n) is 7.18. The quantitative estimate of drug-likeness (QED) is 0.717. The van der Waals surface area contributed by atoms with E-state index in [1.54, 1.807) is 0 Å². The molecule has 0 spiro atoms. The van der Waals surface area contributed by atoms with E-state index in [1.807, 2.05) is 0 Å². The summed E-state index contributed by atoms with van der Waals surface area (Å²) in [6.45, 7) is 0. The van der Waals surface area contributed by atoms with E-state index in [-0.39, 0.29) is 34.1 Å². The van der Waals surface area contributed by atoms with Crippen molar-refractivity contribution in [3.8, 4) is 29.0 Å². The van der Waals surface area contributed by atoms with Gasteiger partial charge in [0.05, 0.1) is 41.6 Å². The molecule has 10 nitrogen and oxygen atoms in total. The fraction of sp³-hybridized carbons (Fsp3) is 0.333. The largest absolute Gasteiger partial charge is 0.496 e. The monoisotopic (exact) mass is 385 g/mol. The number of ether oxygens (including phenoxy) is 5. The average molecular weight is 385 g/mol. The van der Waals surface area contributed by atoms with Gasteiger partial charge in [-0.3, -0.25) is 0 Å². The van der Waals surface area contributed by atoms with E-state index in [4.69, 9.17) is 23.7 Å². The van der Waals surface area contributed by atoms with E-state index in [2.05, 4.69) is 14.7 Å². The predicted molar refractivity (Wildman–Crippen MR) is 92.0 cm³/mol. The van der Waals surface area contributed by atoms with Gasteiger partial charge in [-0.2, -0.15) is 9.97 Å². The molecule has 1 heterocycles. The smallest absolute Gasteiger partial charge is 0.271 e. The highest BCUT2D eigenvalue weighted by Crippen LogP contribution is 2.38. The second-order valence-electron chi connectivity index (χ2n) is 4.74. The van der Waals surface area contributed by atoms with Crippen LogP contribution in [0.15, 0.2) is 23.1 Å². The number of nitrogens with one attached hydrogen (secondary N) is 1. The van der Waals surface area contributed by atoms with Gasteiger partial charge in [-0.05, 0) is 0 Å². The van der Waals surface area contributed by atoms with Crippen LogP contribution < -0.4 is 28.4 Å². The molecule has 0 saturated carbocycles. The second kappa shape index (κ2) is 7.95. The van der Waals surface area contributed by atoms with Crippen LogP contribution in [0, 0.1) is 0 Å². The number of hydrogen-bond donors (Lipinski definition) is 1. The van der Waals surface area contributed by atoms with Crippen molar-refractivity contribution in [1.82, 2.24) is 9.97 Å². The van der Waals surface area contributed by atoms with Gasteiger partial charge >= 0.3 is 0 Å². The van der Waals surface area contributed by atoms with Gasteiger partial charge in [-0.1, -0.05) is 0 Å². The number of hydrogen-bond acceptors (Lipinski definition) is 9. The summed E-state index contributed by atoms with van der Waals surface area (Å²) in [7, 11) is 2.71. The zero-order valence-corrected chi connectivity index (χ0v) is 15.7. The van der Waals surface area contributed by atoms with Gasteiger partial charge in [0, 0.05) is 12.1 Å². The molecule has 0 bridgehead atoms. The summed E-state index contributed by atoms with van der Waals surface area (Å²) in [5, 5.41) is 0. The number of benzene rings is 1. The molecule has 0 saturated heterocycles. The zero-order valence-electron chi connectivity index (χ0n) is 14.9. The van der Waals surface area contributed by atoms with Crippen LogP contribution in [-0.2, 0) is 10.0 Å². The number of nitrogens with zero attached hydrogens (tertiary/aromatic N) is 2. The summed E-state index contributed by atoms with van der Waals surface area (Å²) in [5.41, 5.74) is 0. The molecule has 0 radical (unpaired) electrons. The van der Waals surface area contributed by atoms with Crippen molar-refractivity contribution < 1.29 is 32.1 Å².